The summed E-state index contributed by atoms with van der Waals surface area (Å²) in [6, 6.07) is 0. The molecule has 1 saturated carbocycles. The van der Waals surface area contributed by atoms with Crippen LogP contribution in [0.3, 0.4) is 0 Å². The van der Waals surface area contributed by atoms with Crippen LogP contribution in [0, 0.1) is 11.8 Å². The minimum absolute atomic E-state index is 0.0761. The van der Waals surface area contributed by atoms with E-state index in [1.165, 1.54) is 26.2 Å². The molecule has 2 amide bonds. The Morgan fingerprint density at radius 3 is 2.35 bits per heavy atom. The van der Waals surface area contributed by atoms with Gasteiger partial charge in [0.2, 0.25) is 11.8 Å². The van der Waals surface area contributed by atoms with E-state index in [0.29, 0.717) is 12.3 Å². The molecular formula is C14H24N2O4. The molecule has 1 fully saturated rings. The molecule has 20 heavy (non-hydrogen) atoms. The Labute approximate surface area is 119 Å². The average Bonchev–Trinajstić information content (AvgIpc) is 2.43. The fourth-order valence-corrected chi connectivity index (χ4v) is 2.32. The van der Waals surface area contributed by atoms with E-state index < -0.39 is 11.9 Å². The normalized spacial score (nSPS) is 17.2. The first-order valence-electron chi connectivity index (χ1n) is 7.25. The molecule has 1 unspecified atom stereocenters. The molecule has 1 atom stereocenters. The lowest BCUT2D eigenvalue weighted by Crippen LogP contribution is -2.40. The van der Waals surface area contributed by atoms with Crippen LogP contribution >= 0.6 is 0 Å². The Morgan fingerprint density at radius 1 is 1.10 bits per heavy atom. The molecule has 1 rings (SSSR count). The first-order chi connectivity index (χ1) is 9.49. The van der Waals surface area contributed by atoms with E-state index in [-0.39, 0.29) is 24.9 Å². The summed E-state index contributed by atoms with van der Waals surface area (Å²) >= 11 is 0. The number of carbonyl (C=O) groups is 3. The van der Waals surface area contributed by atoms with Crippen molar-refractivity contribution in [1.29, 1.82) is 0 Å². The predicted molar refractivity (Wildman–Crippen MR) is 74.0 cm³/mol. The number of rotatable bonds is 7. The summed E-state index contributed by atoms with van der Waals surface area (Å²) in [5.41, 5.74) is 0. The van der Waals surface area contributed by atoms with Crippen molar-refractivity contribution in [2.24, 2.45) is 11.8 Å². The van der Waals surface area contributed by atoms with E-state index in [0.717, 1.165) is 12.8 Å². The standard InChI is InChI=1S/C14H24N2O4/c1-10(14(19)20)8-15-13(18)9-16-12(17)7-11-5-3-2-4-6-11/h10-11H,2-9H2,1H3,(H,15,18)(H,16,17)(H,19,20). The Bertz CT molecular complexity index is 351. The maximum atomic E-state index is 11.7. The van der Waals surface area contributed by atoms with Crippen molar-refractivity contribution in [3.63, 3.8) is 0 Å². The topological polar surface area (TPSA) is 95.5 Å². The van der Waals surface area contributed by atoms with Crippen molar-refractivity contribution in [3.05, 3.63) is 0 Å². The van der Waals surface area contributed by atoms with Crippen LogP contribution in [0.5, 0.6) is 0 Å². The van der Waals surface area contributed by atoms with E-state index in [2.05, 4.69) is 10.6 Å². The monoisotopic (exact) mass is 284 g/mol. The largest absolute Gasteiger partial charge is 0.481 e. The van der Waals surface area contributed by atoms with Crippen molar-refractivity contribution in [2.45, 2.75) is 45.4 Å². The van der Waals surface area contributed by atoms with Crippen LogP contribution in [0.4, 0.5) is 0 Å². The number of hydrogen-bond donors (Lipinski definition) is 3. The number of hydrogen-bond acceptors (Lipinski definition) is 3. The van der Waals surface area contributed by atoms with Gasteiger partial charge >= 0.3 is 5.97 Å². The van der Waals surface area contributed by atoms with Gasteiger partial charge in [-0.3, -0.25) is 14.4 Å². The van der Waals surface area contributed by atoms with Crippen molar-refractivity contribution < 1.29 is 19.5 Å². The molecule has 1 aliphatic carbocycles. The van der Waals surface area contributed by atoms with Crippen LogP contribution in [0.25, 0.3) is 0 Å². The third-order valence-electron chi connectivity index (χ3n) is 3.67. The highest BCUT2D eigenvalue weighted by Crippen LogP contribution is 2.25. The molecule has 114 valence electrons. The summed E-state index contributed by atoms with van der Waals surface area (Å²) in [6.07, 6.45) is 6.30. The maximum absolute atomic E-state index is 11.7. The Kier molecular flexibility index (Phi) is 7.04. The molecule has 0 saturated heterocycles. The molecule has 0 radical (unpaired) electrons. The summed E-state index contributed by atoms with van der Waals surface area (Å²) in [7, 11) is 0. The predicted octanol–water partition coefficient (Wildman–Crippen LogP) is 0.910. The summed E-state index contributed by atoms with van der Waals surface area (Å²) in [5.74, 6) is -1.59. The number of carboxylic acid groups (broad SMARTS) is 1. The molecule has 6 heteroatoms. The number of aliphatic carboxylic acids is 1. The zero-order valence-electron chi connectivity index (χ0n) is 12.0. The first kappa shape index (κ1) is 16.5. The van der Waals surface area contributed by atoms with Gasteiger partial charge in [-0.1, -0.05) is 26.2 Å². The highest BCUT2D eigenvalue weighted by atomic mass is 16.4. The highest BCUT2D eigenvalue weighted by molar-refractivity contribution is 5.85. The Balaban J connectivity index is 2.13. The zero-order chi connectivity index (χ0) is 15.0. The van der Waals surface area contributed by atoms with Crippen LogP contribution in [0.15, 0.2) is 0 Å². The molecule has 0 aromatic heterocycles. The van der Waals surface area contributed by atoms with Crippen molar-refractivity contribution in [3.8, 4) is 0 Å². The van der Waals surface area contributed by atoms with Crippen molar-refractivity contribution in [2.75, 3.05) is 13.1 Å². The van der Waals surface area contributed by atoms with E-state index in [4.69, 9.17) is 5.11 Å². The zero-order valence-corrected chi connectivity index (χ0v) is 12.0. The summed E-state index contributed by atoms with van der Waals surface area (Å²) in [6.45, 7) is 1.51. The third kappa shape index (κ3) is 6.54. The first-order valence-corrected chi connectivity index (χ1v) is 7.25. The highest BCUT2D eigenvalue weighted by Gasteiger charge is 2.17. The van der Waals surface area contributed by atoms with Gasteiger partial charge < -0.3 is 15.7 Å². The van der Waals surface area contributed by atoms with E-state index in [1.807, 2.05) is 0 Å². The second-order valence-electron chi connectivity index (χ2n) is 5.53. The number of nitrogens with one attached hydrogen (secondary N) is 2. The molecule has 0 aromatic rings. The molecule has 1 aliphatic rings. The van der Waals surface area contributed by atoms with Crippen LogP contribution < -0.4 is 10.6 Å². The molecule has 0 aliphatic heterocycles. The second kappa shape index (κ2) is 8.55. The number of amides is 2. The maximum Gasteiger partial charge on any atom is 0.308 e. The lowest BCUT2D eigenvalue weighted by molar-refractivity contribution is -0.141. The molecular weight excluding hydrogens is 260 g/mol. The van der Waals surface area contributed by atoms with Gasteiger partial charge in [0.1, 0.15) is 0 Å². The van der Waals surface area contributed by atoms with Gasteiger partial charge in [0, 0.05) is 13.0 Å². The van der Waals surface area contributed by atoms with E-state index >= 15 is 0 Å². The van der Waals surface area contributed by atoms with Gasteiger partial charge in [-0.15, -0.1) is 0 Å². The summed E-state index contributed by atoms with van der Waals surface area (Å²) in [5, 5.41) is 13.7. The fourth-order valence-electron chi connectivity index (χ4n) is 2.32. The van der Waals surface area contributed by atoms with Gasteiger partial charge in [-0.25, -0.2) is 0 Å². The van der Waals surface area contributed by atoms with E-state index in [1.54, 1.807) is 0 Å². The van der Waals surface area contributed by atoms with Gasteiger partial charge in [-0.05, 0) is 18.8 Å². The van der Waals surface area contributed by atoms with Crippen LogP contribution in [0.1, 0.15) is 45.4 Å². The second-order valence-corrected chi connectivity index (χ2v) is 5.53. The Morgan fingerprint density at radius 2 is 1.75 bits per heavy atom. The number of carbonyl (C=O) groups excluding carboxylic acids is 2. The third-order valence-corrected chi connectivity index (χ3v) is 3.67. The van der Waals surface area contributed by atoms with E-state index in [9.17, 15) is 14.4 Å². The molecule has 0 aromatic carbocycles. The van der Waals surface area contributed by atoms with Gasteiger partial charge in [0.05, 0.1) is 12.5 Å². The number of carboxylic acids is 1. The summed E-state index contributed by atoms with van der Waals surface area (Å²) in [4.78, 5) is 33.7. The van der Waals surface area contributed by atoms with Crippen LogP contribution in [0.2, 0.25) is 0 Å². The fraction of sp³-hybridized carbons (Fsp3) is 0.786. The molecule has 0 heterocycles. The van der Waals surface area contributed by atoms with Crippen LogP contribution in [-0.2, 0) is 14.4 Å². The minimum atomic E-state index is -0.952. The van der Waals surface area contributed by atoms with Gasteiger partial charge in [0.25, 0.3) is 0 Å². The molecule has 0 spiro atoms. The molecule has 3 N–H and O–H groups in total. The van der Waals surface area contributed by atoms with Gasteiger partial charge in [0.15, 0.2) is 0 Å². The quantitative estimate of drug-likeness (QED) is 0.647. The van der Waals surface area contributed by atoms with Crippen molar-refractivity contribution in [1.82, 2.24) is 10.6 Å². The van der Waals surface area contributed by atoms with Crippen molar-refractivity contribution >= 4 is 17.8 Å². The minimum Gasteiger partial charge on any atom is -0.481 e. The molecule has 0 bridgehead atoms. The van der Waals surface area contributed by atoms with Crippen LogP contribution in [-0.4, -0.2) is 36.0 Å². The Hall–Kier alpha value is -1.59. The van der Waals surface area contributed by atoms with Gasteiger partial charge in [-0.2, -0.15) is 0 Å². The lowest BCUT2D eigenvalue weighted by atomic mass is 9.87. The summed E-state index contributed by atoms with van der Waals surface area (Å²) < 4.78 is 0. The molecule has 6 nitrogen and oxygen atoms in total. The average molecular weight is 284 g/mol. The SMILES string of the molecule is CC(CNC(=O)CNC(=O)CC1CCCCC1)C(=O)O. The lowest BCUT2D eigenvalue weighted by Gasteiger charge is -2.20. The smallest absolute Gasteiger partial charge is 0.308 e.